The number of amides is 2. The summed E-state index contributed by atoms with van der Waals surface area (Å²) in [6.45, 7) is 1.57. The Morgan fingerprint density at radius 3 is 2.41 bits per heavy atom. The van der Waals surface area contributed by atoms with E-state index >= 15 is 0 Å². The minimum atomic E-state index is -0.564. The van der Waals surface area contributed by atoms with E-state index in [-0.39, 0.29) is 29.8 Å². The van der Waals surface area contributed by atoms with Crippen molar-refractivity contribution >= 4 is 34.8 Å². The molecule has 0 saturated heterocycles. The van der Waals surface area contributed by atoms with Crippen molar-refractivity contribution in [1.82, 2.24) is 0 Å². The molecular formula is C19H20ClFN2O4. The van der Waals surface area contributed by atoms with Gasteiger partial charge in [0.1, 0.15) is 5.82 Å². The minimum Gasteiger partial charge on any atom is -0.493 e. The number of hydrogen-bond donors (Lipinski definition) is 1. The molecule has 0 aliphatic rings. The number of methoxy groups -OCH3 is 2. The fourth-order valence-corrected chi connectivity index (χ4v) is 2.65. The number of carbonyl (C=O) groups excluding carboxylic acids is 2. The molecule has 0 saturated carbocycles. The lowest BCUT2D eigenvalue weighted by molar-refractivity contribution is -0.117. The zero-order valence-electron chi connectivity index (χ0n) is 15.2. The highest BCUT2D eigenvalue weighted by Crippen LogP contribution is 2.31. The summed E-state index contributed by atoms with van der Waals surface area (Å²) in [6.07, 6.45) is 0.0446. The van der Waals surface area contributed by atoms with Crippen LogP contribution in [0.15, 0.2) is 36.4 Å². The molecule has 0 aliphatic carbocycles. The quantitative estimate of drug-likeness (QED) is 0.773. The average Bonchev–Trinajstić information content (AvgIpc) is 2.64. The molecule has 1 N–H and O–H groups in total. The molecular weight excluding hydrogens is 375 g/mol. The molecule has 0 bridgehead atoms. The average molecular weight is 395 g/mol. The predicted octanol–water partition coefficient (Wildman–Crippen LogP) is 3.88. The molecule has 0 aromatic heterocycles. The SMILES string of the molecule is COc1ccc(N(CCC(=O)Nc2ccc(F)c(Cl)c2)C(C)=O)cc1OC. The van der Waals surface area contributed by atoms with Gasteiger partial charge in [-0.3, -0.25) is 9.59 Å². The van der Waals surface area contributed by atoms with Crippen LogP contribution in [0.2, 0.25) is 5.02 Å². The number of ether oxygens (including phenoxy) is 2. The molecule has 0 atom stereocenters. The Morgan fingerprint density at radius 1 is 1.11 bits per heavy atom. The normalized spacial score (nSPS) is 10.3. The first-order chi connectivity index (χ1) is 12.8. The number of benzene rings is 2. The van der Waals surface area contributed by atoms with Crippen molar-refractivity contribution in [3.63, 3.8) is 0 Å². The van der Waals surface area contributed by atoms with Gasteiger partial charge in [-0.25, -0.2) is 4.39 Å². The molecule has 0 aliphatic heterocycles. The summed E-state index contributed by atoms with van der Waals surface area (Å²) in [5, 5.41) is 2.54. The summed E-state index contributed by atoms with van der Waals surface area (Å²) in [4.78, 5) is 25.6. The van der Waals surface area contributed by atoms with E-state index in [9.17, 15) is 14.0 Å². The third-order valence-corrected chi connectivity index (χ3v) is 4.11. The molecule has 0 heterocycles. The van der Waals surface area contributed by atoms with Gasteiger partial charge in [0.2, 0.25) is 11.8 Å². The summed E-state index contributed by atoms with van der Waals surface area (Å²) in [5.41, 5.74) is 0.963. The standard InChI is InChI=1S/C19H20ClFN2O4/c1-12(24)23(14-5-7-17(26-2)18(11-14)27-3)9-8-19(25)22-13-4-6-16(21)15(20)10-13/h4-7,10-11H,8-9H2,1-3H3,(H,22,25). The predicted molar refractivity (Wildman–Crippen MR) is 102 cm³/mol. The number of carbonyl (C=O) groups is 2. The van der Waals surface area contributed by atoms with Crippen LogP contribution in [0.25, 0.3) is 0 Å². The maximum Gasteiger partial charge on any atom is 0.226 e. The Bertz CT molecular complexity index is 844. The lowest BCUT2D eigenvalue weighted by atomic mass is 10.2. The van der Waals surface area contributed by atoms with Crippen molar-refractivity contribution in [2.75, 3.05) is 31.0 Å². The number of halogens is 2. The lowest BCUT2D eigenvalue weighted by Gasteiger charge is -2.22. The summed E-state index contributed by atoms with van der Waals surface area (Å²) < 4.78 is 23.6. The van der Waals surface area contributed by atoms with E-state index in [1.54, 1.807) is 18.2 Å². The largest absolute Gasteiger partial charge is 0.493 e. The van der Waals surface area contributed by atoms with Crippen LogP contribution in [-0.4, -0.2) is 32.6 Å². The van der Waals surface area contributed by atoms with E-state index in [0.717, 1.165) is 0 Å². The summed E-state index contributed by atoms with van der Waals surface area (Å²) in [6, 6.07) is 8.97. The fraction of sp³-hybridized carbons (Fsp3) is 0.263. The van der Waals surface area contributed by atoms with Crippen LogP contribution < -0.4 is 19.7 Å². The number of anilines is 2. The maximum atomic E-state index is 13.2. The molecule has 8 heteroatoms. The molecule has 0 fully saturated rings. The third-order valence-electron chi connectivity index (χ3n) is 3.82. The van der Waals surface area contributed by atoms with Gasteiger partial charge in [0.05, 0.1) is 19.2 Å². The van der Waals surface area contributed by atoms with E-state index in [2.05, 4.69) is 5.32 Å². The molecule has 27 heavy (non-hydrogen) atoms. The van der Waals surface area contributed by atoms with Crippen molar-refractivity contribution in [3.05, 3.63) is 47.2 Å². The highest BCUT2D eigenvalue weighted by molar-refractivity contribution is 6.31. The number of hydrogen-bond acceptors (Lipinski definition) is 4. The van der Waals surface area contributed by atoms with Crippen molar-refractivity contribution in [3.8, 4) is 11.5 Å². The zero-order valence-corrected chi connectivity index (χ0v) is 16.0. The molecule has 0 spiro atoms. The van der Waals surface area contributed by atoms with Crippen LogP contribution in [0.5, 0.6) is 11.5 Å². The Labute approximate surface area is 161 Å². The van der Waals surface area contributed by atoms with Crippen molar-refractivity contribution in [1.29, 1.82) is 0 Å². The van der Waals surface area contributed by atoms with Crippen molar-refractivity contribution in [2.24, 2.45) is 0 Å². The van der Waals surface area contributed by atoms with Gasteiger partial charge in [0, 0.05) is 37.3 Å². The Kier molecular flexibility index (Phi) is 7.01. The highest BCUT2D eigenvalue weighted by atomic mass is 35.5. The van der Waals surface area contributed by atoms with Gasteiger partial charge in [0.15, 0.2) is 11.5 Å². The van der Waals surface area contributed by atoms with Crippen LogP contribution in [0.4, 0.5) is 15.8 Å². The lowest BCUT2D eigenvalue weighted by Crippen LogP contribution is -2.32. The molecule has 2 aromatic carbocycles. The van der Waals surface area contributed by atoms with Gasteiger partial charge in [-0.15, -0.1) is 0 Å². The minimum absolute atomic E-state index is 0.0446. The molecule has 0 unspecified atom stereocenters. The highest BCUT2D eigenvalue weighted by Gasteiger charge is 2.16. The van der Waals surface area contributed by atoms with Crippen LogP contribution >= 0.6 is 11.6 Å². The number of nitrogens with zero attached hydrogens (tertiary/aromatic N) is 1. The Balaban J connectivity index is 2.07. The van der Waals surface area contributed by atoms with E-state index < -0.39 is 5.82 Å². The molecule has 2 aromatic rings. The monoisotopic (exact) mass is 394 g/mol. The maximum absolute atomic E-state index is 13.2. The van der Waals surface area contributed by atoms with E-state index in [1.165, 1.54) is 44.2 Å². The molecule has 2 amide bonds. The van der Waals surface area contributed by atoms with Gasteiger partial charge < -0.3 is 19.7 Å². The second kappa shape index (κ2) is 9.23. The first kappa shape index (κ1) is 20.5. The van der Waals surface area contributed by atoms with Crippen LogP contribution in [0.1, 0.15) is 13.3 Å². The second-order valence-electron chi connectivity index (χ2n) is 5.64. The van der Waals surface area contributed by atoms with Crippen LogP contribution in [0, 0.1) is 5.82 Å². The smallest absolute Gasteiger partial charge is 0.226 e. The van der Waals surface area contributed by atoms with Crippen LogP contribution in [0.3, 0.4) is 0 Å². The topological polar surface area (TPSA) is 67.9 Å². The Hall–Kier alpha value is -2.80. The molecule has 144 valence electrons. The molecule has 6 nitrogen and oxygen atoms in total. The first-order valence-corrected chi connectivity index (χ1v) is 8.48. The Morgan fingerprint density at radius 2 is 1.81 bits per heavy atom. The third kappa shape index (κ3) is 5.34. The molecule has 2 rings (SSSR count). The van der Waals surface area contributed by atoms with Crippen LogP contribution in [-0.2, 0) is 9.59 Å². The number of nitrogens with one attached hydrogen (secondary N) is 1. The summed E-state index contributed by atoms with van der Waals surface area (Å²) in [7, 11) is 3.02. The molecule has 0 radical (unpaired) electrons. The summed E-state index contributed by atoms with van der Waals surface area (Å²) >= 11 is 5.70. The van der Waals surface area contributed by atoms with Gasteiger partial charge in [-0.05, 0) is 30.3 Å². The van der Waals surface area contributed by atoms with E-state index in [0.29, 0.717) is 22.9 Å². The second-order valence-corrected chi connectivity index (χ2v) is 6.04. The zero-order chi connectivity index (χ0) is 20.0. The van der Waals surface area contributed by atoms with E-state index in [4.69, 9.17) is 21.1 Å². The van der Waals surface area contributed by atoms with Crippen molar-refractivity contribution < 1.29 is 23.5 Å². The van der Waals surface area contributed by atoms with Gasteiger partial charge in [-0.2, -0.15) is 0 Å². The number of rotatable bonds is 7. The van der Waals surface area contributed by atoms with Crippen molar-refractivity contribution in [2.45, 2.75) is 13.3 Å². The van der Waals surface area contributed by atoms with E-state index in [1.807, 2.05) is 0 Å². The summed E-state index contributed by atoms with van der Waals surface area (Å²) in [5.74, 6) is -0.0996. The van der Waals surface area contributed by atoms with Gasteiger partial charge in [0.25, 0.3) is 0 Å². The fourth-order valence-electron chi connectivity index (χ4n) is 2.47. The van der Waals surface area contributed by atoms with Gasteiger partial charge in [-0.1, -0.05) is 11.6 Å². The van der Waals surface area contributed by atoms with Gasteiger partial charge >= 0.3 is 0 Å². The first-order valence-electron chi connectivity index (χ1n) is 8.10.